The maximum atomic E-state index is 6.10. The molecule has 1 aromatic rings. The zero-order valence-electron chi connectivity index (χ0n) is 12.2. The van der Waals surface area contributed by atoms with Gasteiger partial charge in [0.05, 0.1) is 0 Å². The van der Waals surface area contributed by atoms with E-state index in [9.17, 15) is 0 Å². The Balaban J connectivity index is 2.80. The molecular formula is C15H25ClN2O. The van der Waals surface area contributed by atoms with Gasteiger partial charge in [0.1, 0.15) is 0 Å². The van der Waals surface area contributed by atoms with Crippen LogP contribution >= 0.6 is 11.6 Å². The molecule has 0 saturated carbocycles. The molecule has 0 radical (unpaired) electrons. The van der Waals surface area contributed by atoms with Crippen molar-refractivity contribution < 1.29 is 4.74 Å². The SMILES string of the molecule is CCC(N)Cc1cc(Cl)ccc1N(C)CCCOC. The normalized spacial score (nSPS) is 12.5. The van der Waals surface area contributed by atoms with E-state index >= 15 is 0 Å². The number of nitrogens with two attached hydrogens (primary N) is 1. The van der Waals surface area contributed by atoms with E-state index < -0.39 is 0 Å². The largest absolute Gasteiger partial charge is 0.385 e. The molecular weight excluding hydrogens is 260 g/mol. The molecule has 0 aliphatic rings. The Labute approximate surface area is 121 Å². The van der Waals surface area contributed by atoms with Crippen LogP contribution in [0, 0.1) is 0 Å². The Morgan fingerprint density at radius 1 is 1.42 bits per heavy atom. The first-order chi connectivity index (χ1) is 9.08. The third-order valence-electron chi connectivity index (χ3n) is 3.30. The smallest absolute Gasteiger partial charge is 0.0479 e. The number of halogens is 1. The first-order valence-electron chi connectivity index (χ1n) is 6.82. The van der Waals surface area contributed by atoms with Gasteiger partial charge in [-0.15, -0.1) is 0 Å². The van der Waals surface area contributed by atoms with Crippen molar-refractivity contribution in [2.75, 3.05) is 32.2 Å². The Bertz CT molecular complexity index is 384. The molecule has 1 atom stereocenters. The third kappa shape index (κ3) is 5.39. The van der Waals surface area contributed by atoms with Gasteiger partial charge >= 0.3 is 0 Å². The molecule has 2 N–H and O–H groups in total. The predicted molar refractivity (Wildman–Crippen MR) is 83.2 cm³/mol. The minimum absolute atomic E-state index is 0.185. The van der Waals surface area contributed by atoms with Gasteiger partial charge in [0.15, 0.2) is 0 Å². The monoisotopic (exact) mass is 284 g/mol. The summed E-state index contributed by atoms with van der Waals surface area (Å²) in [6.45, 7) is 3.85. The highest BCUT2D eigenvalue weighted by atomic mass is 35.5. The minimum Gasteiger partial charge on any atom is -0.385 e. The van der Waals surface area contributed by atoms with Gasteiger partial charge in [-0.2, -0.15) is 0 Å². The molecule has 3 nitrogen and oxygen atoms in total. The molecule has 0 amide bonds. The number of nitrogens with zero attached hydrogens (tertiary/aromatic N) is 1. The van der Waals surface area contributed by atoms with E-state index in [0.717, 1.165) is 37.4 Å². The zero-order chi connectivity index (χ0) is 14.3. The zero-order valence-corrected chi connectivity index (χ0v) is 12.9. The van der Waals surface area contributed by atoms with E-state index in [1.54, 1.807) is 7.11 Å². The van der Waals surface area contributed by atoms with Gasteiger partial charge in [-0.05, 0) is 43.0 Å². The number of rotatable bonds is 8. The van der Waals surface area contributed by atoms with Crippen LogP contribution in [0.15, 0.2) is 18.2 Å². The van der Waals surface area contributed by atoms with Gasteiger partial charge in [-0.3, -0.25) is 0 Å². The molecule has 1 rings (SSSR count). The van der Waals surface area contributed by atoms with Gasteiger partial charge in [0, 0.05) is 44.1 Å². The van der Waals surface area contributed by atoms with Crippen LogP contribution in [0.25, 0.3) is 0 Å². The standard InChI is InChI=1S/C15H25ClN2O/c1-4-14(17)11-12-10-13(16)6-7-15(12)18(2)8-5-9-19-3/h6-7,10,14H,4-5,8-9,11,17H2,1-3H3. The molecule has 0 saturated heterocycles. The average molecular weight is 285 g/mol. The molecule has 1 unspecified atom stereocenters. The number of anilines is 1. The Morgan fingerprint density at radius 3 is 2.79 bits per heavy atom. The lowest BCUT2D eigenvalue weighted by Crippen LogP contribution is -2.25. The van der Waals surface area contributed by atoms with E-state index in [-0.39, 0.29) is 6.04 Å². The predicted octanol–water partition coefficient (Wildman–Crippen LogP) is 3.09. The van der Waals surface area contributed by atoms with Crippen molar-refractivity contribution >= 4 is 17.3 Å². The summed E-state index contributed by atoms with van der Waals surface area (Å²) in [6.07, 6.45) is 2.84. The van der Waals surface area contributed by atoms with Crippen LogP contribution in [0.4, 0.5) is 5.69 Å². The second-order valence-corrected chi connectivity index (χ2v) is 5.35. The highest BCUT2D eigenvalue weighted by Crippen LogP contribution is 2.25. The molecule has 0 aliphatic heterocycles. The number of benzene rings is 1. The number of methoxy groups -OCH3 is 1. The molecule has 0 fully saturated rings. The molecule has 0 bridgehead atoms. The second-order valence-electron chi connectivity index (χ2n) is 4.91. The fraction of sp³-hybridized carbons (Fsp3) is 0.600. The molecule has 4 heteroatoms. The molecule has 1 aromatic carbocycles. The molecule has 0 spiro atoms. The molecule has 0 aromatic heterocycles. The summed E-state index contributed by atoms with van der Waals surface area (Å²) < 4.78 is 5.09. The topological polar surface area (TPSA) is 38.5 Å². The fourth-order valence-corrected chi connectivity index (χ4v) is 2.28. The van der Waals surface area contributed by atoms with Crippen molar-refractivity contribution in [2.24, 2.45) is 5.73 Å². The van der Waals surface area contributed by atoms with Crippen LogP contribution in [0.2, 0.25) is 5.02 Å². The van der Waals surface area contributed by atoms with Crippen molar-refractivity contribution in [1.82, 2.24) is 0 Å². The Kier molecular flexibility index (Phi) is 7.21. The van der Waals surface area contributed by atoms with Gasteiger partial charge in [-0.1, -0.05) is 18.5 Å². The molecule has 0 heterocycles. The highest BCUT2D eigenvalue weighted by Gasteiger charge is 2.11. The Morgan fingerprint density at radius 2 is 2.16 bits per heavy atom. The van der Waals surface area contributed by atoms with E-state index in [4.69, 9.17) is 22.1 Å². The summed E-state index contributed by atoms with van der Waals surface area (Å²) in [7, 11) is 3.83. The molecule has 108 valence electrons. The van der Waals surface area contributed by atoms with Gasteiger partial charge in [0.25, 0.3) is 0 Å². The lowest BCUT2D eigenvalue weighted by Gasteiger charge is -2.24. The summed E-state index contributed by atoms with van der Waals surface area (Å²) in [5, 5.41) is 0.771. The van der Waals surface area contributed by atoms with Crippen LogP contribution in [-0.4, -0.2) is 33.4 Å². The lowest BCUT2D eigenvalue weighted by molar-refractivity contribution is 0.196. The fourth-order valence-electron chi connectivity index (χ4n) is 2.08. The van der Waals surface area contributed by atoms with E-state index in [0.29, 0.717) is 0 Å². The van der Waals surface area contributed by atoms with E-state index in [1.165, 1.54) is 11.3 Å². The van der Waals surface area contributed by atoms with Crippen LogP contribution in [0.5, 0.6) is 0 Å². The van der Waals surface area contributed by atoms with E-state index in [2.05, 4.69) is 24.9 Å². The molecule has 19 heavy (non-hydrogen) atoms. The highest BCUT2D eigenvalue weighted by molar-refractivity contribution is 6.30. The van der Waals surface area contributed by atoms with Crippen molar-refractivity contribution in [3.05, 3.63) is 28.8 Å². The van der Waals surface area contributed by atoms with E-state index in [1.807, 2.05) is 12.1 Å². The van der Waals surface area contributed by atoms with Crippen molar-refractivity contribution in [2.45, 2.75) is 32.2 Å². The first kappa shape index (κ1) is 16.3. The van der Waals surface area contributed by atoms with Gasteiger partial charge < -0.3 is 15.4 Å². The van der Waals surface area contributed by atoms with Gasteiger partial charge in [-0.25, -0.2) is 0 Å². The van der Waals surface area contributed by atoms with Crippen LogP contribution in [0.1, 0.15) is 25.3 Å². The minimum atomic E-state index is 0.185. The summed E-state index contributed by atoms with van der Waals surface area (Å²) in [6, 6.07) is 6.22. The summed E-state index contributed by atoms with van der Waals surface area (Å²) in [5.41, 5.74) is 8.50. The Hall–Kier alpha value is -0.770. The maximum absolute atomic E-state index is 6.10. The maximum Gasteiger partial charge on any atom is 0.0479 e. The number of hydrogen-bond acceptors (Lipinski definition) is 3. The van der Waals surface area contributed by atoms with Crippen LogP contribution in [0.3, 0.4) is 0 Å². The second kappa shape index (κ2) is 8.41. The molecule has 0 aliphatic carbocycles. The van der Waals surface area contributed by atoms with Crippen molar-refractivity contribution in [3.8, 4) is 0 Å². The third-order valence-corrected chi connectivity index (χ3v) is 3.54. The number of ether oxygens (including phenoxy) is 1. The summed E-state index contributed by atoms with van der Waals surface area (Å²) in [5.74, 6) is 0. The van der Waals surface area contributed by atoms with Gasteiger partial charge in [0.2, 0.25) is 0 Å². The average Bonchev–Trinajstić information content (AvgIpc) is 2.38. The quantitative estimate of drug-likeness (QED) is 0.746. The summed E-state index contributed by atoms with van der Waals surface area (Å²) in [4.78, 5) is 2.24. The lowest BCUT2D eigenvalue weighted by atomic mass is 10.0. The van der Waals surface area contributed by atoms with Crippen LogP contribution < -0.4 is 10.6 Å². The summed E-state index contributed by atoms with van der Waals surface area (Å²) >= 11 is 6.10. The number of hydrogen-bond donors (Lipinski definition) is 1. The van der Waals surface area contributed by atoms with Crippen molar-refractivity contribution in [1.29, 1.82) is 0 Å². The van der Waals surface area contributed by atoms with Crippen molar-refractivity contribution in [3.63, 3.8) is 0 Å². The first-order valence-corrected chi connectivity index (χ1v) is 7.20. The van der Waals surface area contributed by atoms with Crippen LogP contribution in [-0.2, 0) is 11.2 Å².